The molecule has 0 radical (unpaired) electrons. The maximum absolute atomic E-state index is 2.28. The molecule has 0 heteroatoms. The summed E-state index contributed by atoms with van der Waals surface area (Å²) in [5.74, 6) is 0.511. The summed E-state index contributed by atoms with van der Waals surface area (Å²) in [7, 11) is 0. The van der Waals surface area contributed by atoms with Crippen molar-refractivity contribution in [2.75, 3.05) is 0 Å². The van der Waals surface area contributed by atoms with Crippen molar-refractivity contribution < 1.29 is 0 Å². The first-order chi connectivity index (χ1) is 9.93. The highest BCUT2D eigenvalue weighted by atomic mass is 14.3. The number of hydrogen-bond acceptors (Lipinski definition) is 0. The molecular weight excluding hydrogens is 240 g/mol. The van der Waals surface area contributed by atoms with E-state index in [-0.39, 0.29) is 0 Å². The minimum absolute atomic E-state index is 0.511. The maximum Gasteiger partial charge on any atom is 0.0136 e. The van der Waals surface area contributed by atoms with E-state index in [4.69, 9.17) is 0 Å². The van der Waals surface area contributed by atoms with Gasteiger partial charge in [-0.05, 0) is 34.3 Å². The highest BCUT2D eigenvalue weighted by molar-refractivity contribution is 5.82. The lowest BCUT2D eigenvalue weighted by Crippen LogP contribution is -1.96. The lowest BCUT2D eigenvalue weighted by molar-refractivity contribution is 0.871. The van der Waals surface area contributed by atoms with Crippen LogP contribution >= 0.6 is 0 Å². The predicted molar refractivity (Wildman–Crippen MR) is 84.4 cm³/mol. The van der Waals surface area contributed by atoms with Crippen LogP contribution < -0.4 is 0 Å². The second kappa shape index (κ2) is 4.64. The highest BCUT2D eigenvalue weighted by Crippen LogP contribution is 2.49. The van der Waals surface area contributed by atoms with Gasteiger partial charge in [0.25, 0.3) is 0 Å². The Morgan fingerprint density at radius 2 is 1.50 bits per heavy atom. The minimum atomic E-state index is 0.511. The van der Waals surface area contributed by atoms with Crippen molar-refractivity contribution in [2.24, 2.45) is 0 Å². The second-order valence-corrected chi connectivity index (χ2v) is 5.41. The summed E-state index contributed by atoms with van der Waals surface area (Å²) in [5, 5.41) is 0. The molecule has 0 heterocycles. The predicted octanol–water partition coefficient (Wildman–Crippen LogP) is 5.12. The van der Waals surface area contributed by atoms with E-state index in [1.54, 1.807) is 0 Å². The molecule has 0 aromatic heterocycles. The molecule has 4 rings (SSSR count). The summed E-state index contributed by atoms with van der Waals surface area (Å²) in [6.45, 7) is 0. The van der Waals surface area contributed by atoms with Gasteiger partial charge in [0.2, 0.25) is 0 Å². The molecule has 2 aliphatic carbocycles. The molecule has 0 spiro atoms. The molecule has 0 saturated heterocycles. The molecule has 1 atom stereocenters. The molecule has 0 aliphatic heterocycles. The van der Waals surface area contributed by atoms with Gasteiger partial charge < -0.3 is 0 Å². The molecule has 1 unspecified atom stereocenters. The SMILES string of the molecule is C1=CC2=C(c3ccccc3)CC(c3ccccc3)C2=C1. The van der Waals surface area contributed by atoms with Gasteiger partial charge in [0.1, 0.15) is 0 Å². The van der Waals surface area contributed by atoms with E-state index >= 15 is 0 Å². The fourth-order valence-corrected chi connectivity index (χ4v) is 3.33. The van der Waals surface area contributed by atoms with E-state index in [1.807, 2.05) is 0 Å². The summed E-state index contributed by atoms with van der Waals surface area (Å²) >= 11 is 0. The Morgan fingerprint density at radius 1 is 0.800 bits per heavy atom. The second-order valence-electron chi connectivity index (χ2n) is 5.41. The Morgan fingerprint density at radius 3 is 2.25 bits per heavy atom. The van der Waals surface area contributed by atoms with Crippen molar-refractivity contribution in [1.29, 1.82) is 0 Å². The van der Waals surface area contributed by atoms with Crippen LogP contribution in [-0.2, 0) is 0 Å². The third kappa shape index (κ3) is 1.77. The molecule has 2 aliphatic rings. The fourth-order valence-electron chi connectivity index (χ4n) is 3.33. The van der Waals surface area contributed by atoms with Crippen LogP contribution in [0, 0.1) is 0 Å². The summed E-state index contributed by atoms with van der Waals surface area (Å²) in [5.41, 5.74) is 7.18. The lowest BCUT2D eigenvalue weighted by Gasteiger charge is -2.12. The van der Waals surface area contributed by atoms with E-state index in [9.17, 15) is 0 Å². The number of hydrogen-bond donors (Lipinski definition) is 0. The van der Waals surface area contributed by atoms with Crippen LogP contribution in [0.3, 0.4) is 0 Å². The minimum Gasteiger partial charge on any atom is -0.0622 e. The van der Waals surface area contributed by atoms with Crippen LogP contribution in [0.1, 0.15) is 23.5 Å². The monoisotopic (exact) mass is 256 g/mol. The van der Waals surface area contributed by atoms with Gasteiger partial charge in [0.15, 0.2) is 0 Å². The van der Waals surface area contributed by atoms with Crippen molar-refractivity contribution in [3.8, 4) is 0 Å². The number of allylic oxidation sites excluding steroid dienone is 6. The van der Waals surface area contributed by atoms with Crippen LogP contribution in [0.4, 0.5) is 0 Å². The van der Waals surface area contributed by atoms with Gasteiger partial charge in [0, 0.05) is 5.92 Å². The van der Waals surface area contributed by atoms with Gasteiger partial charge in [-0.15, -0.1) is 0 Å². The van der Waals surface area contributed by atoms with Crippen LogP contribution in [0.25, 0.3) is 5.57 Å². The quantitative estimate of drug-likeness (QED) is 0.699. The van der Waals surface area contributed by atoms with Crippen LogP contribution in [-0.4, -0.2) is 0 Å². The Hall–Kier alpha value is -2.34. The lowest BCUT2D eigenvalue weighted by atomic mass is 9.91. The fraction of sp³-hybridized carbons (Fsp3) is 0.100. The Bertz CT molecular complexity index is 715. The zero-order chi connectivity index (χ0) is 13.4. The Balaban J connectivity index is 1.78. The first-order valence-electron chi connectivity index (χ1n) is 7.15. The number of benzene rings is 2. The number of fused-ring (bicyclic) bond motifs is 1. The molecule has 0 N–H and O–H groups in total. The summed E-state index contributed by atoms with van der Waals surface area (Å²) in [6.07, 6.45) is 7.84. The molecule has 0 saturated carbocycles. The average molecular weight is 256 g/mol. The van der Waals surface area contributed by atoms with E-state index in [2.05, 4.69) is 78.9 Å². The molecule has 0 bridgehead atoms. The third-order valence-corrected chi connectivity index (χ3v) is 4.28. The summed E-state index contributed by atoms with van der Waals surface area (Å²) in [4.78, 5) is 0. The summed E-state index contributed by atoms with van der Waals surface area (Å²) < 4.78 is 0. The van der Waals surface area contributed by atoms with Gasteiger partial charge in [-0.1, -0.05) is 78.9 Å². The van der Waals surface area contributed by atoms with Crippen LogP contribution in [0.15, 0.2) is 90.0 Å². The van der Waals surface area contributed by atoms with Crippen molar-refractivity contribution in [3.63, 3.8) is 0 Å². The first kappa shape index (κ1) is 11.5. The van der Waals surface area contributed by atoms with Gasteiger partial charge in [0.05, 0.1) is 0 Å². The van der Waals surface area contributed by atoms with Crippen LogP contribution in [0.2, 0.25) is 0 Å². The van der Waals surface area contributed by atoms with Crippen molar-refractivity contribution in [2.45, 2.75) is 12.3 Å². The normalized spacial score (nSPS) is 20.2. The van der Waals surface area contributed by atoms with Crippen molar-refractivity contribution in [3.05, 3.63) is 101 Å². The standard InChI is InChI=1S/C20H16/c1-3-8-15(9-4-1)19-14-20(16-10-5-2-6-11-16)18-13-7-12-17(18)19/h1-13,19H,14H2. The largest absolute Gasteiger partial charge is 0.0622 e. The van der Waals surface area contributed by atoms with Gasteiger partial charge in [-0.3, -0.25) is 0 Å². The first-order valence-corrected chi connectivity index (χ1v) is 7.15. The molecular formula is C20H16. The van der Waals surface area contributed by atoms with E-state index in [1.165, 1.54) is 27.8 Å². The maximum atomic E-state index is 2.28. The highest BCUT2D eigenvalue weighted by Gasteiger charge is 2.30. The van der Waals surface area contributed by atoms with E-state index in [0.29, 0.717) is 5.92 Å². The Labute approximate surface area is 119 Å². The topological polar surface area (TPSA) is 0 Å². The molecule has 0 fully saturated rings. The average Bonchev–Trinajstić information content (AvgIpc) is 3.11. The molecule has 96 valence electrons. The molecule has 20 heavy (non-hydrogen) atoms. The van der Waals surface area contributed by atoms with Gasteiger partial charge in [-0.25, -0.2) is 0 Å². The molecule has 0 nitrogen and oxygen atoms in total. The van der Waals surface area contributed by atoms with Gasteiger partial charge >= 0.3 is 0 Å². The van der Waals surface area contributed by atoms with Crippen LogP contribution in [0.5, 0.6) is 0 Å². The molecule has 2 aromatic carbocycles. The van der Waals surface area contributed by atoms with E-state index < -0.39 is 0 Å². The number of rotatable bonds is 2. The zero-order valence-electron chi connectivity index (χ0n) is 11.3. The summed E-state index contributed by atoms with van der Waals surface area (Å²) in [6, 6.07) is 21.6. The van der Waals surface area contributed by atoms with Crippen molar-refractivity contribution >= 4 is 5.57 Å². The zero-order valence-corrected chi connectivity index (χ0v) is 11.3. The molecule has 2 aromatic rings. The van der Waals surface area contributed by atoms with E-state index in [0.717, 1.165) is 6.42 Å². The van der Waals surface area contributed by atoms with Crippen molar-refractivity contribution in [1.82, 2.24) is 0 Å². The third-order valence-electron chi connectivity index (χ3n) is 4.28. The Kier molecular flexibility index (Phi) is 2.67. The van der Waals surface area contributed by atoms with Gasteiger partial charge in [-0.2, -0.15) is 0 Å². The molecule has 0 amide bonds. The smallest absolute Gasteiger partial charge is 0.0136 e.